The van der Waals surface area contributed by atoms with Gasteiger partial charge < -0.3 is 0 Å². The van der Waals surface area contributed by atoms with Gasteiger partial charge in [-0.2, -0.15) is 0 Å². The summed E-state index contributed by atoms with van der Waals surface area (Å²) in [7, 11) is -3.70. The molecular formula is C8H5Br3O3S. The Hall–Kier alpha value is 0.280. The van der Waals surface area contributed by atoms with E-state index in [9.17, 15) is 13.2 Å². The normalized spacial score (nSPS) is 12.5. The highest BCUT2D eigenvalue weighted by Gasteiger charge is 2.38. The zero-order valence-electron chi connectivity index (χ0n) is 7.15. The van der Waals surface area contributed by atoms with E-state index in [0.717, 1.165) is 0 Å². The average molecular weight is 421 g/mol. The zero-order valence-corrected chi connectivity index (χ0v) is 12.7. The molecule has 0 aliphatic rings. The van der Waals surface area contributed by atoms with Gasteiger partial charge in [-0.1, -0.05) is 18.2 Å². The van der Waals surface area contributed by atoms with Crippen molar-refractivity contribution in [1.29, 1.82) is 0 Å². The first-order valence-electron chi connectivity index (χ1n) is 3.66. The Morgan fingerprint density at radius 1 is 1.13 bits per heavy atom. The summed E-state index contributed by atoms with van der Waals surface area (Å²) >= 11 is 8.79. The van der Waals surface area contributed by atoms with Crippen molar-refractivity contribution in [3.8, 4) is 0 Å². The van der Waals surface area contributed by atoms with Gasteiger partial charge in [-0.15, -0.1) is 0 Å². The van der Waals surface area contributed by atoms with Crippen molar-refractivity contribution < 1.29 is 13.2 Å². The smallest absolute Gasteiger partial charge is 0.239 e. The van der Waals surface area contributed by atoms with Gasteiger partial charge in [0.1, 0.15) is 0 Å². The summed E-state index contributed by atoms with van der Waals surface area (Å²) in [6, 6.07) is 5.97. The molecule has 1 aromatic carbocycles. The third-order valence-electron chi connectivity index (χ3n) is 1.64. The summed E-state index contributed by atoms with van der Waals surface area (Å²) in [5.41, 5.74) is 0.125. The molecule has 7 heteroatoms. The molecule has 0 radical (unpaired) electrons. The third kappa shape index (κ3) is 2.69. The maximum Gasteiger partial charge on any atom is 0.239 e. The average Bonchev–Trinajstić information content (AvgIpc) is 2.16. The highest BCUT2D eigenvalue weighted by atomic mass is 80.0. The Morgan fingerprint density at radius 3 is 2.13 bits per heavy atom. The summed E-state index contributed by atoms with van der Waals surface area (Å²) in [5, 5.41) is 0. The lowest BCUT2D eigenvalue weighted by atomic mass is 10.2. The lowest BCUT2D eigenvalue weighted by Crippen LogP contribution is -2.19. The minimum absolute atomic E-state index is 0.0365. The molecule has 1 rings (SSSR count). The predicted octanol–water partition coefficient (Wildman–Crippen LogP) is 3.07. The number of aldehydes is 1. The second-order valence-electron chi connectivity index (χ2n) is 2.60. The number of benzene rings is 1. The summed E-state index contributed by atoms with van der Waals surface area (Å²) in [6.07, 6.45) is 0.506. The van der Waals surface area contributed by atoms with Gasteiger partial charge in [0.05, 0.1) is 4.90 Å². The first kappa shape index (κ1) is 13.3. The summed E-state index contributed by atoms with van der Waals surface area (Å²) in [4.78, 5) is 10.7. The van der Waals surface area contributed by atoms with E-state index in [2.05, 4.69) is 47.8 Å². The fourth-order valence-electron chi connectivity index (χ4n) is 0.947. The summed E-state index contributed by atoms with van der Waals surface area (Å²) in [6.45, 7) is 0. The van der Waals surface area contributed by atoms with E-state index in [-0.39, 0.29) is 10.5 Å². The van der Waals surface area contributed by atoms with Crippen molar-refractivity contribution in [3.05, 3.63) is 29.8 Å². The van der Waals surface area contributed by atoms with Gasteiger partial charge in [-0.05, 0) is 53.9 Å². The highest BCUT2D eigenvalue weighted by Crippen LogP contribution is 2.43. The molecule has 15 heavy (non-hydrogen) atoms. The third-order valence-corrected chi connectivity index (χ3v) is 7.04. The second kappa shape index (κ2) is 4.65. The number of hydrogen-bond acceptors (Lipinski definition) is 3. The van der Waals surface area contributed by atoms with Gasteiger partial charge in [0.2, 0.25) is 11.3 Å². The van der Waals surface area contributed by atoms with Crippen molar-refractivity contribution in [1.82, 2.24) is 0 Å². The Balaban J connectivity index is 3.47. The Labute approximate surface area is 113 Å². The molecule has 0 spiro atoms. The molecule has 0 amide bonds. The number of alkyl halides is 3. The molecule has 0 unspecified atom stereocenters. The zero-order chi connectivity index (χ0) is 11.7. The number of carbonyl (C=O) groups is 1. The van der Waals surface area contributed by atoms with Gasteiger partial charge >= 0.3 is 0 Å². The largest absolute Gasteiger partial charge is 0.298 e. The van der Waals surface area contributed by atoms with Gasteiger partial charge in [-0.3, -0.25) is 4.79 Å². The second-order valence-corrected chi connectivity index (χ2v) is 13.0. The molecule has 0 saturated carbocycles. The van der Waals surface area contributed by atoms with Gasteiger partial charge in [0, 0.05) is 5.56 Å². The molecule has 0 aromatic heterocycles. The predicted molar refractivity (Wildman–Crippen MR) is 68.5 cm³/mol. The topological polar surface area (TPSA) is 51.2 Å². The Bertz CT molecular complexity index is 476. The molecule has 1 aromatic rings. The fourth-order valence-corrected chi connectivity index (χ4v) is 3.45. The van der Waals surface area contributed by atoms with Gasteiger partial charge in [0.25, 0.3) is 0 Å². The van der Waals surface area contributed by atoms with Crippen molar-refractivity contribution >= 4 is 63.9 Å². The molecular weight excluding hydrogens is 416 g/mol. The van der Waals surface area contributed by atoms with Crippen LogP contribution in [-0.4, -0.2) is 16.2 Å². The SMILES string of the molecule is O=Cc1ccccc1S(=O)(=O)C(Br)(Br)Br. The summed E-state index contributed by atoms with van der Waals surface area (Å²) < 4.78 is 22.4. The fraction of sp³-hybridized carbons (Fsp3) is 0.125. The minimum atomic E-state index is -3.70. The van der Waals surface area contributed by atoms with Crippen LogP contribution in [-0.2, 0) is 9.84 Å². The molecule has 0 heterocycles. The van der Waals surface area contributed by atoms with E-state index >= 15 is 0 Å². The molecule has 0 aliphatic heterocycles. The van der Waals surface area contributed by atoms with Crippen LogP contribution < -0.4 is 0 Å². The van der Waals surface area contributed by atoms with Gasteiger partial charge in [-0.25, -0.2) is 8.42 Å². The van der Waals surface area contributed by atoms with E-state index in [0.29, 0.717) is 6.29 Å². The first-order chi connectivity index (χ1) is 6.80. The molecule has 0 atom stereocenters. The van der Waals surface area contributed by atoms with Crippen LogP contribution in [0.4, 0.5) is 0 Å². The number of carbonyl (C=O) groups excluding carboxylic acids is 1. The standard InChI is InChI=1S/C8H5Br3O3S/c9-8(10,11)15(13,14)7-4-2-1-3-6(7)5-12/h1-5H. The van der Waals surface area contributed by atoms with Crippen molar-refractivity contribution in [2.24, 2.45) is 0 Å². The van der Waals surface area contributed by atoms with Crippen LogP contribution in [0, 0.1) is 0 Å². The van der Waals surface area contributed by atoms with Crippen molar-refractivity contribution in [2.45, 2.75) is 6.37 Å². The Morgan fingerprint density at radius 2 is 1.67 bits per heavy atom. The minimum Gasteiger partial charge on any atom is -0.298 e. The monoisotopic (exact) mass is 418 g/mol. The maximum atomic E-state index is 11.9. The lowest BCUT2D eigenvalue weighted by molar-refractivity contribution is 0.112. The number of rotatable bonds is 2. The van der Waals surface area contributed by atoms with Crippen molar-refractivity contribution in [3.63, 3.8) is 0 Å². The quantitative estimate of drug-likeness (QED) is 0.545. The van der Waals surface area contributed by atoms with Crippen LogP contribution in [0.1, 0.15) is 10.4 Å². The van der Waals surface area contributed by atoms with Crippen LogP contribution in [0.25, 0.3) is 0 Å². The van der Waals surface area contributed by atoms with Crippen LogP contribution in [0.3, 0.4) is 0 Å². The molecule has 82 valence electrons. The molecule has 0 saturated heterocycles. The van der Waals surface area contributed by atoms with Crippen LogP contribution in [0.5, 0.6) is 0 Å². The van der Waals surface area contributed by atoms with E-state index in [1.807, 2.05) is 0 Å². The Kier molecular flexibility index (Phi) is 4.13. The number of halogens is 3. The van der Waals surface area contributed by atoms with E-state index in [1.54, 1.807) is 12.1 Å². The van der Waals surface area contributed by atoms with E-state index in [1.165, 1.54) is 12.1 Å². The van der Waals surface area contributed by atoms with Crippen molar-refractivity contribution in [2.75, 3.05) is 0 Å². The van der Waals surface area contributed by atoms with Gasteiger partial charge in [0.15, 0.2) is 6.29 Å². The van der Waals surface area contributed by atoms with Crippen LogP contribution in [0.15, 0.2) is 29.2 Å². The van der Waals surface area contributed by atoms with Crippen LogP contribution >= 0.6 is 47.8 Å². The molecule has 0 fully saturated rings. The number of hydrogen-bond donors (Lipinski definition) is 0. The van der Waals surface area contributed by atoms with E-state index in [4.69, 9.17) is 0 Å². The maximum absolute atomic E-state index is 11.9. The van der Waals surface area contributed by atoms with Crippen LogP contribution in [0.2, 0.25) is 0 Å². The highest BCUT2D eigenvalue weighted by molar-refractivity contribution is 9.42. The number of sulfone groups is 1. The first-order valence-corrected chi connectivity index (χ1v) is 7.52. The van der Waals surface area contributed by atoms with E-state index < -0.39 is 11.3 Å². The lowest BCUT2D eigenvalue weighted by Gasteiger charge is -2.14. The molecule has 0 aliphatic carbocycles. The molecule has 0 bridgehead atoms. The molecule has 0 N–H and O–H groups in total. The summed E-state index contributed by atoms with van der Waals surface area (Å²) in [5.74, 6) is 0. The molecule has 3 nitrogen and oxygen atoms in total.